The molecule has 0 amide bonds. The molecule has 0 aliphatic carbocycles. The normalized spacial score (nSPS) is 43.2. The molecule has 0 saturated carbocycles. The van der Waals surface area contributed by atoms with Crippen LogP contribution in [0.2, 0.25) is 0 Å². The van der Waals surface area contributed by atoms with Crippen LogP contribution in [0.5, 0.6) is 0 Å². The highest BCUT2D eigenvalue weighted by Crippen LogP contribution is 2.33. The molecule has 2 saturated heterocycles. The second kappa shape index (κ2) is 3.20. The van der Waals surface area contributed by atoms with Gasteiger partial charge in [0.05, 0.1) is 25.4 Å². The third-order valence-electron chi connectivity index (χ3n) is 2.48. The predicted octanol–water partition coefficient (Wildman–Crippen LogP) is 0.288. The van der Waals surface area contributed by atoms with Crippen LogP contribution in [0.4, 0.5) is 0 Å². The van der Waals surface area contributed by atoms with Crippen molar-refractivity contribution in [2.45, 2.75) is 44.4 Å². The molecule has 2 rings (SSSR count). The van der Waals surface area contributed by atoms with Crippen molar-refractivity contribution in [1.29, 1.82) is 0 Å². The van der Waals surface area contributed by atoms with Crippen LogP contribution in [0.3, 0.4) is 0 Å². The minimum Gasteiger partial charge on any atom is -0.394 e. The SMILES string of the molecule is CC1(C)O[C@H]2CO[C@H](CO)C[C@H]2O1. The fourth-order valence-electron chi connectivity index (χ4n) is 1.94. The van der Waals surface area contributed by atoms with E-state index in [0.29, 0.717) is 6.61 Å². The molecular formula is C9H16O4. The van der Waals surface area contributed by atoms with E-state index >= 15 is 0 Å². The first-order valence-electron chi connectivity index (χ1n) is 4.69. The Hall–Kier alpha value is -0.160. The summed E-state index contributed by atoms with van der Waals surface area (Å²) in [5.41, 5.74) is 0. The maximum atomic E-state index is 8.92. The molecule has 0 aromatic carbocycles. The number of fused-ring (bicyclic) bond motifs is 1. The first-order chi connectivity index (χ1) is 6.11. The molecule has 2 aliphatic rings. The van der Waals surface area contributed by atoms with E-state index in [1.807, 2.05) is 13.8 Å². The summed E-state index contributed by atoms with van der Waals surface area (Å²) in [6.07, 6.45) is 0.766. The van der Waals surface area contributed by atoms with Gasteiger partial charge in [-0.1, -0.05) is 0 Å². The van der Waals surface area contributed by atoms with Gasteiger partial charge >= 0.3 is 0 Å². The Labute approximate surface area is 77.8 Å². The van der Waals surface area contributed by atoms with Crippen molar-refractivity contribution in [2.75, 3.05) is 13.2 Å². The number of rotatable bonds is 1. The summed E-state index contributed by atoms with van der Waals surface area (Å²) in [5.74, 6) is -0.497. The van der Waals surface area contributed by atoms with Crippen molar-refractivity contribution in [3.8, 4) is 0 Å². The number of hydrogen-bond donors (Lipinski definition) is 1. The summed E-state index contributed by atoms with van der Waals surface area (Å²) in [4.78, 5) is 0. The average Bonchev–Trinajstić information content (AvgIpc) is 2.36. The Balaban J connectivity index is 1.98. The molecule has 3 atom stereocenters. The van der Waals surface area contributed by atoms with Crippen molar-refractivity contribution in [3.63, 3.8) is 0 Å². The molecule has 13 heavy (non-hydrogen) atoms. The molecule has 2 aliphatic heterocycles. The van der Waals surface area contributed by atoms with Gasteiger partial charge < -0.3 is 19.3 Å². The van der Waals surface area contributed by atoms with E-state index in [2.05, 4.69) is 0 Å². The van der Waals surface area contributed by atoms with Crippen LogP contribution in [-0.4, -0.2) is 42.4 Å². The van der Waals surface area contributed by atoms with Gasteiger partial charge in [0.2, 0.25) is 0 Å². The highest BCUT2D eigenvalue weighted by Gasteiger charge is 2.44. The van der Waals surface area contributed by atoms with E-state index < -0.39 is 5.79 Å². The van der Waals surface area contributed by atoms with Gasteiger partial charge in [-0.05, 0) is 13.8 Å². The first-order valence-corrected chi connectivity index (χ1v) is 4.69. The fourth-order valence-corrected chi connectivity index (χ4v) is 1.94. The van der Waals surface area contributed by atoms with Gasteiger partial charge in [-0.15, -0.1) is 0 Å². The lowest BCUT2D eigenvalue weighted by Crippen LogP contribution is -2.40. The lowest BCUT2D eigenvalue weighted by atomic mass is 10.0. The molecule has 4 nitrogen and oxygen atoms in total. The topological polar surface area (TPSA) is 47.9 Å². The minimum atomic E-state index is -0.497. The smallest absolute Gasteiger partial charge is 0.163 e. The van der Waals surface area contributed by atoms with E-state index in [4.69, 9.17) is 19.3 Å². The number of aliphatic hydroxyl groups excluding tert-OH is 1. The van der Waals surface area contributed by atoms with E-state index in [-0.39, 0.29) is 24.9 Å². The molecule has 76 valence electrons. The summed E-state index contributed by atoms with van der Waals surface area (Å²) >= 11 is 0. The van der Waals surface area contributed by atoms with Crippen molar-refractivity contribution < 1.29 is 19.3 Å². The second-order valence-corrected chi connectivity index (χ2v) is 4.09. The molecule has 0 aromatic rings. The predicted molar refractivity (Wildman–Crippen MR) is 45.3 cm³/mol. The van der Waals surface area contributed by atoms with E-state index in [1.165, 1.54) is 0 Å². The molecule has 2 heterocycles. The lowest BCUT2D eigenvalue weighted by molar-refractivity contribution is -0.146. The van der Waals surface area contributed by atoms with Crippen LogP contribution in [-0.2, 0) is 14.2 Å². The zero-order valence-corrected chi connectivity index (χ0v) is 8.03. The van der Waals surface area contributed by atoms with Crippen molar-refractivity contribution >= 4 is 0 Å². The monoisotopic (exact) mass is 188 g/mol. The van der Waals surface area contributed by atoms with Gasteiger partial charge in [0.25, 0.3) is 0 Å². The number of aliphatic hydroxyl groups is 1. The highest BCUT2D eigenvalue weighted by molar-refractivity contribution is 4.86. The molecule has 4 heteroatoms. The van der Waals surface area contributed by atoms with Crippen LogP contribution in [0, 0.1) is 0 Å². The molecular weight excluding hydrogens is 172 g/mol. The quantitative estimate of drug-likeness (QED) is 0.642. The Morgan fingerprint density at radius 2 is 2.00 bits per heavy atom. The molecule has 0 unspecified atom stereocenters. The average molecular weight is 188 g/mol. The highest BCUT2D eigenvalue weighted by atomic mass is 16.8. The van der Waals surface area contributed by atoms with Crippen LogP contribution < -0.4 is 0 Å². The summed E-state index contributed by atoms with van der Waals surface area (Å²) in [5, 5.41) is 8.92. The van der Waals surface area contributed by atoms with Crippen LogP contribution in [0.15, 0.2) is 0 Å². The van der Waals surface area contributed by atoms with Crippen molar-refractivity contribution in [3.05, 3.63) is 0 Å². The largest absolute Gasteiger partial charge is 0.394 e. The Bertz CT molecular complexity index is 192. The second-order valence-electron chi connectivity index (χ2n) is 4.09. The summed E-state index contributed by atoms with van der Waals surface area (Å²) in [7, 11) is 0. The van der Waals surface area contributed by atoms with Gasteiger partial charge in [0, 0.05) is 6.42 Å². The van der Waals surface area contributed by atoms with E-state index in [1.54, 1.807) is 0 Å². The molecule has 0 radical (unpaired) electrons. The zero-order valence-electron chi connectivity index (χ0n) is 8.03. The van der Waals surface area contributed by atoms with Crippen LogP contribution in [0.1, 0.15) is 20.3 Å². The van der Waals surface area contributed by atoms with Gasteiger partial charge in [0.1, 0.15) is 6.10 Å². The van der Waals surface area contributed by atoms with Crippen molar-refractivity contribution in [2.24, 2.45) is 0 Å². The van der Waals surface area contributed by atoms with Crippen molar-refractivity contribution in [1.82, 2.24) is 0 Å². The zero-order chi connectivity index (χ0) is 9.47. The molecule has 0 bridgehead atoms. The first kappa shape index (κ1) is 9.40. The molecule has 1 N–H and O–H groups in total. The number of hydrogen-bond acceptors (Lipinski definition) is 4. The Morgan fingerprint density at radius 1 is 1.31 bits per heavy atom. The van der Waals surface area contributed by atoms with Gasteiger partial charge in [-0.25, -0.2) is 0 Å². The Kier molecular flexibility index (Phi) is 2.32. The summed E-state index contributed by atoms with van der Waals surface area (Å²) < 4.78 is 16.7. The minimum absolute atomic E-state index is 0.0396. The van der Waals surface area contributed by atoms with Crippen LogP contribution in [0.25, 0.3) is 0 Å². The summed E-state index contributed by atoms with van der Waals surface area (Å²) in [6, 6.07) is 0. The maximum Gasteiger partial charge on any atom is 0.163 e. The number of ether oxygens (including phenoxy) is 3. The summed E-state index contributed by atoms with van der Waals surface area (Å²) in [6.45, 7) is 4.39. The van der Waals surface area contributed by atoms with E-state index in [0.717, 1.165) is 6.42 Å². The standard InChI is InChI=1S/C9H16O4/c1-9(2)12-7-3-6(4-10)11-5-8(7)13-9/h6-8,10H,3-5H2,1-2H3/t6-,7+,8-/m0/s1. The fraction of sp³-hybridized carbons (Fsp3) is 1.00. The molecule has 0 spiro atoms. The third-order valence-corrected chi connectivity index (χ3v) is 2.48. The molecule has 2 fully saturated rings. The molecule has 0 aromatic heterocycles. The Morgan fingerprint density at radius 3 is 2.69 bits per heavy atom. The van der Waals surface area contributed by atoms with Crippen LogP contribution >= 0.6 is 0 Å². The third kappa shape index (κ3) is 1.86. The van der Waals surface area contributed by atoms with Gasteiger partial charge in [-0.2, -0.15) is 0 Å². The maximum absolute atomic E-state index is 8.92. The van der Waals surface area contributed by atoms with Gasteiger partial charge in [-0.3, -0.25) is 0 Å². The lowest BCUT2D eigenvalue weighted by Gasteiger charge is -2.28. The van der Waals surface area contributed by atoms with E-state index in [9.17, 15) is 0 Å². The van der Waals surface area contributed by atoms with Gasteiger partial charge in [0.15, 0.2) is 5.79 Å².